The zero-order valence-corrected chi connectivity index (χ0v) is 16.3. The number of nitrogens with zero attached hydrogens (tertiary/aromatic N) is 1. The SMILES string of the molecule is COCc1cccc(S(=O)(=O)NC2(C#N)CCC(C(C)(C)C)CC2)c1. The molecule has 1 aliphatic rings. The first kappa shape index (κ1) is 19.9. The van der Waals surface area contributed by atoms with Crippen molar-refractivity contribution in [3.8, 4) is 6.07 Å². The monoisotopic (exact) mass is 364 g/mol. The third kappa shape index (κ3) is 4.81. The smallest absolute Gasteiger partial charge is 0.241 e. The Bertz CT molecular complexity index is 737. The van der Waals surface area contributed by atoms with Crippen LogP contribution in [0.4, 0.5) is 0 Å². The molecule has 0 spiro atoms. The van der Waals surface area contributed by atoms with Crippen LogP contribution in [-0.2, 0) is 21.4 Å². The van der Waals surface area contributed by atoms with E-state index in [2.05, 4.69) is 31.6 Å². The van der Waals surface area contributed by atoms with E-state index in [1.165, 1.54) is 0 Å². The van der Waals surface area contributed by atoms with E-state index in [1.807, 2.05) is 6.07 Å². The van der Waals surface area contributed by atoms with E-state index in [1.54, 1.807) is 25.3 Å². The maximum Gasteiger partial charge on any atom is 0.241 e. The normalized spacial score (nSPS) is 24.7. The molecule has 2 rings (SSSR count). The molecule has 1 aromatic carbocycles. The highest BCUT2D eigenvalue weighted by Gasteiger charge is 2.41. The van der Waals surface area contributed by atoms with Gasteiger partial charge in [-0.25, -0.2) is 8.42 Å². The first-order valence-corrected chi connectivity index (χ1v) is 10.1. The van der Waals surface area contributed by atoms with Gasteiger partial charge < -0.3 is 4.74 Å². The van der Waals surface area contributed by atoms with Gasteiger partial charge in [-0.15, -0.1) is 0 Å². The summed E-state index contributed by atoms with van der Waals surface area (Å²) in [7, 11) is -2.19. The van der Waals surface area contributed by atoms with Gasteiger partial charge in [0.1, 0.15) is 5.54 Å². The Kier molecular flexibility index (Phi) is 5.93. The minimum atomic E-state index is -3.75. The molecule has 0 radical (unpaired) electrons. The number of sulfonamides is 1. The van der Waals surface area contributed by atoms with Gasteiger partial charge in [0.15, 0.2) is 0 Å². The summed E-state index contributed by atoms with van der Waals surface area (Å²) in [6.45, 7) is 6.94. The fourth-order valence-corrected chi connectivity index (χ4v) is 4.94. The number of nitriles is 1. The van der Waals surface area contributed by atoms with Gasteiger partial charge in [0, 0.05) is 7.11 Å². The van der Waals surface area contributed by atoms with E-state index < -0.39 is 15.6 Å². The molecule has 138 valence electrons. The second-order valence-electron chi connectivity index (χ2n) is 8.02. The van der Waals surface area contributed by atoms with Crippen molar-refractivity contribution in [3.05, 3.63) is 29.8 Å². The molecule has 5 nitrogen and oxygen atoms in total. The van der Waals surface area contributed by atoms with Crippen molar-refractivity contribution in [2.45, 2.75) is 63.5 Å². The summed E-state index contributed by atoms with van der Waals surface area (Å²) in [6, 6.07) is 8.89. The van der Waals surface area contributed by atoms with Crippen molar-refractivity contribution in [2.75, 3.05) is 7.11 Å². The van der Waals surface area contributed by atoms with Gasteiger partial charge in [0.25, 0.3) is 0 Å². The van der Waals surface area contributed by atoms with Crippen LogP contribution in [0.1, 0.15) is 52.0 Å². The highest BCUT2D eigenvalue weighted by atomic mass is 32.2. The molecule has 0 saturated heterocycles. The van der Waals surface area contributed by atoms with Gasteiger partial charge in [0.2, 0.25) is 10.0 Å². The Morgan fingerprint density at radius 1 is 1.32 bits per heavy atom. The summed E-state index contributed by atoms with van der Waals surface area (Å²) in [6.07, 6.45) is 2.79. The van der Waals surface area contributed by atoms with Crippen molar-refractivity contribution in [2.24, 2.45) is 11.3 Å². The minimum Gasteiger partial charge on any atom is -0.380 e. The van der Waals surface area contributed by atoms with Gasteiger partial charge in [-0.1, -0.05) is 32.9 Å². The molecule has 0 heterocycles. The van der Waals surface area contributed by atoms with Crippen LogP contribution in [0.2, 0.25) is 0 Å². The van der Waals surface area contributed by atoms with Gasteiger partial charge >= 0.3 is 0 Å². The lowest BCUT2D eigenvalue weighted by atomic mass is 9.68. The maximum absolute atomic E-state index is 12.8. The van der Waals surface area contributed by atoms with Gasteiger partial charge in [0.05, 0.1) is 17.6 Å². The van der Waals surface area contributed by atoms with Gasteiger partial charge in [-0.3, -0.25) is 0 Å². The standard InChI is InChI=1S/C19H28N2O3S/c1-18(2,3)16-8-10-19(14-20,11-9-16)21-25(22,23)17-7-5-6-15(12-17)13-24-4/h5-7,12,16,21H,8-11,13H2,1-4H3. The first-order valence-electron chi connectivity index (χ1n) is 8.65. The summed E-state index contributed by atoms with van der Waals surface area (Å²) >= 11 is 0. The van der Waals surface area contributed by atoms with Crippen LogP contribution in [0.5, 0.6) is 0 Å². The van der Waals surface area contributed by atoms with Gasteiger partial charge in [-0.2, -0.15) is 9.98 Å². The highest BCUT2D eigenvalue weighted by molar-refractivity contribution is 7.89. The predicted molar refractivity (Wildman–Crippen MR) is 97.2 cm³/mol. The Morgan fingerprint density at radius 3 is 2.48 bits per heavy atom. The number of rotatable bonds is 5. The second-order valence-corrected chi connectivity index (χ2v) is 9.70. The van der Waals surface area contributed by atoms with Crippen molar-refractivity contribution in [3.63, 3.8) is 0 Å². The Labute approximate surface area is 151 Å². The molecule has 25 heavy (non-hydrogen) atoms. The minimum absolute atomic E-state index is 0.176. The van der Waals surface area contributed by atoms with E-state index in [-0.39, 0.29) is 10.3 Å². The van der Waals surface area contributed by atoms with E-state index in [0.29, 0.717) is 25.4 Å². The Morgan fingerprint density at radius 2 is 1.96 bits per heavy atom. The largest absolute Gasteiger partial charge is 0.380 e. The lowest BCUT2D eigenvalue weighted by Gasteiger charge is -2.40. The number of benzene rings is 1. The molecule has 0 unspecified atom stereocenters. The fraction of sp³-hybridized carbons (Fsp3) is 0.632. The van der Waals surface area contributed by atoms with Crippen molar-refractivity contribution >= 4 is 10.0 Å². The molecule has 1 N–H and O–H groups in total. The average molecular weight is 365 g/mol. The number of hydrogen-bond donors (Lipinski definition) is 1. The van der Waals surface area contributed by atoms with Crippen molar-refractivity contribution in [1.82, 2.24) is 4.72 Å². The molecule has 0 amide bonds. The molecular formula is C19H28N2O3S. The van der Waals surface area contributed by atoms with Gasteiger partial charge in [-0.05, 0) is 54.7 Å². The third-order valence-electron chi connectivity index (χ3n) is 5.13. The topological polar surface area (TPSA) is 79.2 Å². The summed E-state index contributed by atoms with van der Waals surface area (Å²) in [5.41, 5.74) is -0.0554. The van der Waals surface area contributed by atoms with E-state index in [9.17, 15) is 13.7 Å². The highest BCUT2D eigenvalue weighted by Crippen LogP contribution is 2.41. The van der Waals surface area contributed by atoms with Crippen LogP contribution in [0, 0.1) is 22.7 Å². The molecule has 0 bridgehead atoms. The van der Waals surface area contributed by atoms with E-state index in [0.717, 1.165) is 18.4 Å². The molecule has 1 saturated carbocycles. The predicted octanol–water partition coefficient (Wildman–Crippen LogP) is 3.61. The zero-order valence-electron chi connectivity index (χ0n) is 15.5. The maximum atomic E-state index is 12.8. The molecule has 0 aromatic heterocycles. The molecule has 0 atom stereocenters. The Hall–Kier alpha value is -1.42. The van der Waals surface area contributed by atoms with Crippen LogP contribution >= 0.6 is 0 Å². The molecule has 6 heteroatoms. The van der Waals surface area contributed by atoms with Crippen LogP contribution in [-0.4, -0.2) is 21.1 Å². The average Bonchev–Trinajstić information content (AvgIpc) is 2.55. The number of methoxy groups -OCH3 is 1. The van der Waals surface area contributed by atoms with Crippen molar-refractivity contribution in [1.29, 1.82) is 5.26 Å². The molecular weight excluding hydrogens is 336 g/mol. The number of hydrogen-bond acceptors (Lipinski definition) is 4. The zero-order chi connectivity index (χ0) is 18.7. The van der Waals surface area contributed by atoms with Crippen LogP contribution in [0.3, 0.4) is 0 Å². The number of nitrogens with one attached hydrogen (secondary N) is 1. The van der Waals surface area contributed by atoms with Crippen LogP contribution in [0.15, 0.2) is 29.2 Å². The molecule has 0 aliphatic heterocycles. The van der Waals surface area contributed by atoms with Crippen LogP contribution in [0.25, 0.3) is 0 Å². The summed E-state index contributed by atoms with van der Waals surface area (Å²) in [5.74, 6) is 0.503. The number of ether oxygens (including phenoxy) is 1. The Balaban J connectivity index is 2.19. The first-order chi connectivity index (χ1) is 11.6. The summed E-state index contributed by atoms with van der Waals surface area (Å²) in [5, 5.41) is 9.68. The molecule has 1 fully saturated rings. The fourth-order valence-electron chi connectivity index (χ4n) is 3.50. The lowest BCUT2D eigenvalue weighted by Crippen LogP contribution is -2.50. The second kappa shape index (κ2) is 7.45. The summed E-state index contributed by atoms with van der Waals surface area (Å²) < 4.78 is 33.3. The molecule has 1 aromatic rings. The van der Waals surface area contributed by atoms with E-state index >= 15 is 0 Å². The lowest BCUT2D eigenvalue weighted by molar-refractivity contribution is 0.147. The third-order valence-corrected chi connectivity index (χ3v) is 6.66. The van der Waals surface area contributed by atoms with E-state index in [4.69, 9.17) is 4.74 Å². The van der Waals surface area contributed by atoms with Crippen LogP contribution < -0.4 is 4.72 Å². The quantitative estimate of drug-likeness (QED) is 0.865. The molecule has 1 aliphatic carbocycles. The van der Waals surface area contributed by atoms with Crippen molar-refractivity contribution < 1.29 is 13.2 Å². The summed E-state index contributed by atoms with van der Waals surface area (Å²) in [4.78, 5) is 0.176.